The number of rotatable bonds is 42. The highest BCUT2D eigenvalue weighted by Gasteiger charge is 2.19. The Morgan fingerprint density at radius 1 is 0.350 bits per heavy atom. The lowest BCUT2D eigenvalue weighted by atomic mass is 10.1. The summed E-state index contributed by atoms with van der Waals surface area (Å²) in [6.07, 6.45) is 62.4. The van der Waals surface area contributed by atoms with E-state index in [-0.39, 0.29) is 31.1 Å². The molecule has 1 unspecified atom stereocenters. The van der Waals surface area contributed by atoms with Crippen LogP contribution in [0.5, 0.6) is 0 Å². The van der Waals surface area contributed by atoms with Crippen molar-refractivity contribution in [2.24, 2.45) is 0 Å². The van der Waals surface area contributed by atoms with E-state index in [1.807, 2.05) is 24.3 Å². The Bertz CT molecular complexity index is 1230. The molecular formula is C54H88O6. The summed E-state index contributed by atoms with van der Waals surface area (Å²) in [7, 11) is 0. The van der Waals surface area contributed by atoms with E-state index in [4.69, 9.17) is 14.2 Å². The van der Waals surface area contributed by atoms with Crippen LogP contribution in [0.4, 0.5) is 0 Å². The zero-order chi connectivity index (χ0) is 43.7. The quantitative estimate of drug-likeness (QED) is 0.0200. The van der Waals surface area contributed by atoms with Crippen LogP contribution < -0.4 is 0 Å². The van der Waals surface area contributed by atoms with E-state index in [0.29, 0.717) is 19.3 Å². The summed E-state index contributed by atoms with van der Waals surface area (Å²) in [5.41, 5.74) is 0. The molecule has 60 heavy (non-hydrogen) atoms. The third kappa shape index (κ3) is 45.4. The smallest absolute Gasteiger partial charge is 0.306 e. The normalized spacial score (nSPS) is 12.9. The van der Waals surface area contributed by atoms with Gasteiger partial charge in [0.2, 0.25) is 0 Å². The van der Waals surface area contributed by atoms with Gasteiger partial charge in [-0.3, -0.25) is 14.4 Å². The third-order valence-electron chi connectivity index (χ3n) is 9.96. The summed E-state index contributed by atoms with van der Waals surface area (Å²) < 4.78 is 16.7. The maximum Gasteiger partial charge on any atom is 0.306 e. The van der Waals surface area contributed by atoms with Crippen molar-refractivity contribution in [3.8, 4) is 0 Å². The lowest BCUT2D eigenvalue weighted by molar-refractivity contribution is -0.167. The molecule has 0 saturated carbocycles. The van der Waals surface area contributed by atoms with Gasteiger partial charge >= 0.3 is 17.9 Å². The van der Waals surface area contributed by atoms with Gasteiger partial charge in [0.15, 0.2) is 6.10 Å². The topological polar surface area (TPSA) is 78.9 Å². The van der Waals surface area contributed by atoms with Crippen molar-refractivity contribution >= 4 is 17.9 Å². The van der Waals surface area contributed by atoms with Gasteiger partial charge in [0.05, 0.1) is 0 Å². The van der Waals surface area contributed by atoms with E-state index < -0.39 is 6.10 Å². The van der Waals surface area contributed by atoms with Crippen LogP contribution >= 0.6 is 0 Å². The standard InChI is InChI=1S/C54H88O6/c1-4-7-10-13-16-19-22-25-27-30-32-35-38-41-44-47-53(56)59-50-51(49-58-52(55)46-43-40-37-34-31-28-24-21-18-15-12-9-6-3)60-54(57)48-45-42-39-36-33-29-26-23-20-17-14-11-8-5-2/h7,9-10,12-13,15-16,18-19,21-22,24-25,27,29,33,51H,4-6,8,11,14,17,20,23,26,28,30-32,34-50H2,1-3H3/b10-7-,12-9-,16-13-,18-15-,22-19-,24-21-,27-25-,33-29-. The Balaban J connectivity index is 4.49. The van der Waals surface area contributed by atoms with Crippen LogP contribution in [0.25, 0.3) is 0 Å². The summed E-state index contributed by atoms with van der Waals surface area (Å²) >= 11 is 0. The minimum Gasteiger partial charge on any atom is -0.462 e. The van der Waals surface area contributed by atoms with E-state index >= 15 is 0 Å². The van der Waals surface area contributed by atoms with Gasteiger partial charge in [0.1, 0.15) is 13.2 Å². The van der Waals surface area contributed by atoms with Crippen molar-refractivity contribution in [1.29, 1.82) is 0 Å². The van der Waals surface area contributed by atoms with Gasteiger partial charge in [-0.15, -0.1) is 0 Å². The van der Waals surface area contributed by atoms with Gasteiger partial charge in [-0.25, -0.2) is 0 Å². The van der Waals surface area contributed by atoms with Crippen molar-refractivity contribution in [2.45, 2.75) is 213 Å². The van der Waals surface area contributed by atoms with Gasteiger partial charge in [-0.05, 0) is 83.5 Å². The van der Waals surface area contributed by atoms with Crippen LogP contribution in [0.3, 0.4) is 0 Å². The largest absolute Gasteiger partial charge is 0.462 e. The van der Waals surface area contributed by atoms with Crippen LogP contribution in [-0.2, 0) is 28.6 Å². The predicted molar refractivity (Wildman–Crippen MR) is 256 cm³/mol. The number of esters is 3. The molecule has 0 aromatic carbocycles. The molecule has 0 aromatic heterocycles. The molecular weight excluding hydrogens is 745 g/mol. The van der Waals surface area contributed by atoms with Crippen LogP contribution in [0.15, 0.2) is 97.2 Å². The minimum atomic E-state index is -0.803. The third-order valence-corrected chi connectivity index (χ3v) is 9.96. The molecule has 0 spiro atoms. The van der Waals surface area contributed by atoms with Gasteiger partial charge in [0.25, 0.3) is 0 Å². The minimum absolute atomic E-state index is 0.104. The first kappa shape index (κ1) is 56.3. The highest BCUT2D eigenvalue weighted by molar-refractivity contribution is 5.71. The molecule has 340 valence electrons. The molecule has 0 radical (unpaired) electrons. The fraction of sp³-hybridized carbons (Fsp3) is 0.648. The molecule has 0 heterocycles. The number of ether oxygens (including phenoxy) is 3. The summed E-state index contributed by atoms with van der Waals surface area (Å²) in [5, 5.41) is 0. The van der Waals surface area contributed by atoms with Gasteiger partial charge < -0.3 is 14.2 Å². The van der Waals surface area contributed by atoms with Crippen molar-refractivity contribution in [3.63, 3.8) is 0 Å². The van der Waals surface area contributed by atoms with E-state index in [2.05, 4.69) is 93.7 Å². The molecule has 0 saturated heterocycles. The molecule has 0 bridgehead atoms. The molecule has 0 aliphatic rings. The molecule has 0 aliphatic heterocycles. The maximum atomic E-state index is 12.8. The number of carbonyl (C=O) groups is 3. The van der Waals surface area contributed by atoms with Crippen LogP contribution in [-0.4, -0.2) is 37.2 Å². The number of hydrogen-bond acceptors (Lipinski definition) is 6. The Hall–Kier alpha value is -3.67. The van der Waals surface area contributed by atoms with Gasteiger partial charge in [0, 0.05) is 19.3 Å². The highest BCUT2D eigenvalue weighted by Crippen LogP contribution is 2.13. The predicted octanol–water partition coefficient (Wildman–Crippen LogP) is 15.8. The summed E-state index contributed by atoms with van der Waals surface area (Å²) in [6.45, 7) is 6.29. The Labute approximate surface area is 368 Å². The molecule has 1 atom stereocenters. The zero-order valence-electron chi connectivity index (χ0n) is 38.7. The van der Waals surface area contributed by atoms with E-state index in [0.717, 1.165) is 122 Å². The first-order valence-corrected chi connectivity index (χ1v) is 24.3. The van der Waals surface area contributed by atoms with E-state index in [1.54, 1.807) is 0 Å². The number of unbranched alkanes of at least 4 members (excludes halogenated alkanes) is 20. The Morgan fingerprint density at radius 2 is 0.667 bits per heavy atom. The number of carbonyl (C=O) groups excluding carboxylic acids is 3. The van der Waals surface area contributed by atoms with Crippen molar-refractivity contribution < 1.29 is 28.6 Å². The summed E-state index contributed by atoms with van der Waals surface area (Å²) in [6, 6.07) is 0. The lowest BCUT2D eigenvalue weighted by Crippen LogP contribution is -2.30. The molecule has 0 aromatic rings. The van der Waals surface area contributed by atoms with Gasteiger partial charge in [-0.2, -0.15) is 0 Å². The van der Waals surface area contributed by atoms with Gasteiger partial charge in [-0.1, -0.05) is 201 Å². The Kier molecular flexibility index (Phi) is 45.1. The fourth-order valence-electron chi connectivity index (χ4n) is 6.33. The molecule has 0 rings (SSSR count). The Morgan fingerprint density at radius 3 is 1.08 bits per heavy atom. The van der Waals surface area contributed by atoms with Crippen molar-refractivity contribution in [3.05, 3.63) is 97.2 Å². The van der Waals surface area contributed by atoms with E-state index in [1.165, 1.54) is 44.9 Å². The fourth-order valence-corrected chi connectivity index (χ4v) is 6.33. The maximum absolute atomic E-state index is 12.8. The number of allylic oxidation sites excluding steroid dienone is 16. The second kappa shape index (κ2) is 48.0. The first-order valence-electron chi connectivity index (χ1n) is 24.3. The monoisotopic (exact) mass is 833 g/mol. The average Bonchev–Trinajstić information content (AvgIpc) is 3.24. The van der Waals surface area contributed by atoms with Crippen LogP contribution in [0.2, 0.25) is 0 Å². The lowest BCUT2D eigenvalue weighted by Gasteiger charge is -2.18. The molecule has 0 amide bonds. The number of hydrogen-bond donors (Lipinski definition) is 0. The zero-order valence-corrected chi connectivity index (χ0v) is 38.7. The second-order valence-corrected chi connectivity index (χ2v) is 15.8. The average molecular weight is 833 g/mol. The molecule has 0 aliphatic carbocycles. The summed E-state index contributed by atoms with van der Waals surface area (Å²) in [4.78, 5) is 37.9. The van der Waals surface area contributed by atoms with Crippen molar-refractivity contribution in [1.82, 2.24) is 0 Å². The molecule has 6 nitrogen and oxygen atoms in total. The first-order chi connectivity index (χ1) is 29.5. The summed E-state index contributed by atoms with van der Waals surface area (Å²) in [5.74, 6) is -0.968. The van der Waals surface area contributed by atoms with E-state index in [9.17, 15) is 14.4 Å². The van der Waals surface area contributed by atoms with Crippen LogP contribution in [0.1, 0.15) is 207 Å². The molecule has 0 N–H and O–H groups in total. The SMILES string of the molecule is CC\C=C/C=C\C=C/C=C\CCCCCCCC(=O)OCC(COC(=O)CCCCCCC\C=C/C=C\C=C/CC)OC(=O)CCCCC/C=C\CCCCCCCCC. The highest BCUT2D eigenvalue weighted by atomic mass is 16.6. The van der Waals surface area contributed by atoms with Crippen molar-refractivity contribution in [2.75, 3.05) is 13.2 Å². The molecule has 0 fully saturated rings. The second-order valence-electron chi connectivity index (χ2n) is 15.8. The molecule has 6 heteroatoms. The van der Waals surface area contributed by atoms with Crippen LogP contribution in [0, 0.1) is 0 Å².